The molecule has 2 aromatic carbocycles. The highest BCUT2D eigenvalue weighted by molar-refractivity contribution is 5.71. The van der Waals surface area contributed by atoms with E-state index in [2.05, 4.69) is 67.6 Å². The number of rotatable bonds is 1. The molecule has 25 heavy (non-hydrogen) atoms. The molecule has 0 saturated heterocycles. The highest BCUT2D eigenvalue weighted by Gasteiger charge is 2.33. The third-order valence-electron chi connectivity index (χ3n) is 6.66. The van der Waals surface area contributed by atoms with Gasteiger partial charge in [-0.15, -0.1) is 0 Å². The Morgan fingerprint density at radius 3 is 2.68 bits per heavy atom. The zero-order chi connectivity index (χ0) is 17.3. The van der Waals surface area contributed by atoms with Crippen LogP contribution in [0.15, 0.2) is 24.3 Å². The topological polar surface area (TPSA) is 6.25 Å². The molecule has 0 fully saturated rings. The monoisotopic (exact) mass is 331 g/mol. The third-order valence-corrected chi connectivity index (χ3v) is 6.66. The van der Waals surface area contributed by atoms with Crippen molar-refractivity contribution >= 4 is 11.8 Å². The first kappa shape index (κ1) is 15.2. The van der Waals surface area contributed by atoms with Gasteiger partial charge in [0.05, 0.1) is 0 Å². The van der Waals surface area contributed by atoms with Gasteiger partial charge in [0.2, 0.25) is 5.36 Å². The van der Waals surface area contributed by atoms with Gasteiger partial charge in [0, 0.05) is 42.2 Å². The van der Waals surface area contributed by atoms with Crippen molar-refractivity contribution in [2.75, 3.05) is 31.6 Å². The Hall–Kier alpha value is -2.09. The summed E-state index contributed by atoms with van der Waals surface area (Å²) >= 11 is 0. The summed E-state index contributed by atoms with van der Waals surface area (Å²) in [6, 6.07) is 9.86. The number of benzene rings is 2. The van der Waals surface area contributed by atoms with Gasteiger partial charge in [-0.25, -0.2) is 4.58 Å². The summed E-state index contributed by atoms with van der Waals surface area (Å²) in [6.45, 7) is 10.5. The predicted molar refractivity (Wildman–Crippen MR) is 105 cm³/mol. The molecular weight excluding hydrogens is 304 g/mol. The van der Waals surface area contributed by atoms with Crippen LogP contribution < -0.4 is 20.1 Å². The fourth-order valence-electron chi connectivity index (χ4n) is 5.10. The quantitative estimate of drug-likeness (QED) is 0.726. The van der Waals surface area contributed by atoms with Gasteiger partial charge in [-0.2, -0.15) is 0 Å². The zero-order valence-electron chi connectivity index (χ0n) is 15.8. The Balaban J connectivity index is 1.80. The van der Waals surface area contributed by atoms with E-state index in [1.807, 2.05) is 0 Å². The van der Waals surface area contributed by atoms with Crippen molar-refractivity contribution in [1.29, 1.82) is 0 Å². The van der Waals surface area contributed by atoms with Crippen LogP contribution in [0.4, 0.5) is 5.69 Å². The van der Waals surface area contributed by atoms with E-state index in [1.165, 1.54) is 63.5 Å². The van der Waals surface area contributed by atoms with Crippen LogP contribution >= 0.6 is 0 Å². The minimum Gasteiger partial charge on any atom is -0.371 e. The fraction of sp³-hybridized carbons (Fsp3) is 0.435. The molecule has 0 amide bonds. The van der Waals surface area contributed by atoms with E-state index in [0.29, 0.717) is 0 Å². The maximum Gasteiger partial charge on any atom is 0.203 e. The largest absolute Gasteiger partial charge is 0.371 e. The van der Waals surface area contributed by atoms with Crippen molar-refractivity contribution in [2.24, 2.45) is 0 Å². The maximum atomic E-state index is 2.53. The molecule has 128 valence electrons. The normalized spacial score (nSPS) is 19.2. The van der Waals surface area contributed by atoms with Gasteiger partial charge in [-0.3, -0.25) is 0 Å². The first-order valence-electron chi connectivity index (χ1n) is 9.64. The van der Waals surface area contributed by atoms with E-state index in [0.717, 1.165) is 13.1 Å². The molecule has 2 heterocycles. The van der Waals surface area contributed by atoms with E-state index in [9.17, 15) is 0 Å². The molecule has 2 aromatic rings. The van der Waals surface area contributed by atoms with E-state index in [4.69, 9.17) is 0 Å². The van der Waals surface area contributed by atoms with Crippen molar-refractivity contribution < 1.29 is 0 Å². The number of fused-ring (bicyclic) bond motifs is 4. The lowest BCUT2D eigenvalue weighted by Gasteiger charge is -2.33. The average Bonchev–Trinajstić information content (AvgIpc) is 3.15. The van der Waals surface area contributed by atoms with Gasteiger partial charge < -0.3 is 4.90 Å². The number of hydrogen-bond donors (Lipinski definition) is 0. The summed E-state index contributed by atoms with van der Waals surface area (Å²) in [4.78, 5) is 2.53. The number of likely N-dealkylation sites (N-methyl/N-ethyl adjacent to an activating group) is 2. The number of nitrogens with zero attached hydrogens (tertiary/aromatic N) is 2. The van der Waals surface area contributed by atoms with E-state index in [-0.39, 0.29) is 5.41 Å². The molecule has 0 N–H and O–H groups in total. The standard InChI is InChI=1S/C23H27N2/c1-5-25-9-7-16-11-18-12-17-10-15-6-8-24(4)21(15)13-19(17)23(2,3)20(18)14-22(16)25/h10-14H,5-9H2,1-4H3/q+1. The third kappa shape index (κ3) is 2.00. The van der Waals surface area contributed by atoms with Crippen molar-refractivity contribution in [3.05, 3.63) is 62.7 Å². The Labute approximate surface area is 150 Å². The maximum absolute atomic E-state index is 2.53. The van der Waals surface area contributed by atoms with Crippen molar-refractivity contribution in [1.82, 2.24) is 4.58 Å². The first-order chi connectivity index (χ1) is 12.0. The lowest BCUT2D eigenvalue weighted by atomic mass is 9.71. The lowest BCUT2D eigenvalue weighted by molar-refractivity contribution is 0.626. The Morgan fingerprint density at radius 2 is 1.88 bits per heavy atom. The summed E-state index contributed by atoms with van der Waals surface area (Å²) in [6.07, 6.45) is 4.80. The second-order valence-electron chi connectivity index (χ2n) is 8.41. The second kappa shape index (κ2) is 4.97. The van der Waals surface area contributed by atoms with Gasteiger partial charge in [0.15, 0.2) is 0 Å². The number of hydrogen-bond acceptors (Lipinski definition) is 1. The smallest absolute Gasteiger partial charge is 0.203 e. The molecule has 5 rings (SSSR count). The molecule has 2 aliphatic heterocycles. The molecule has 0 saturated carbocycles. The predicted octanol–water partition coefficient (Wildman–Crippen LogP) is 2.21. The highest BCUT2D eigenvalue weighted by atomic mass is 15.1. The van der Waals surface area contributed by atoms with Crippen LogP contribution in [-0.4, -0.2) is 26.7 Å². The van der Waals surface area contributed by atoms with Crippen LogP contribution in [0.2, 0.25) is 0 Å². The molecule has 2 heteroatoms. The minimum atomic E-state index is 0.0505. The Kier molecular flexibility index (Phi) is 3.02. The van der Waals surface area contributed by atoms with Crippen molar-refractivity contribution in [3.8, 4) is 0 Å². The van der Waals surface area contributed by atoms with Crippen LogP contribution in [-0.2, 0) is 18.3 Å². The van der Waals surface area contributed by atoms with Crippen LogP contribution in [0.5, 0.6) is 0 Å². The summed E-state index contributed by atoms with van der Waals surface area (Å²) in [7, 11) is 2.22. The lowest BCUT2D eigenvalue weighted by Crippen LogP contribution is -2.35. The van der Waals surface area contributed by atoms with Gasteiger partial charge in [-0.05, 0) is 65.1 Å². The summed E-state index contributed by atoms with van der Waals surface area (Å²) in [5.74, 6) is 0. The average molecular weight is 331 g/mol. The minimum absolute atomic E-state index is 0.0505. The summed E-state index contributed by atoms with van der Waals surface area (Å²) in [5, 5.41) is 2.86. The number of anilines is 1. The molecule has 0 spiro atoms. The van der Waals surface area contributed by atoms with E-state index in [1.54, 1.807) is 0 Å². The Morgan fingerprint density at radius 1 is 1.04 bits per heavy atom. The van der Waals surface area contributed by atoms with Gasteiger partial charge in [0.25, 0.3) is 0 Å². The summed E-state index contributed by atoms with van der Waals surface area (Å²) < 4.78 is 2.41. The second-order valence-corrected chi connectivity index (χ2v) is 8.41. The molecule has 1 aliphatic carbocycles. The Bertz CT molecular complexity index is 1030. The van der Waals surface area contributed by atoms with E-state index >= 15 is 0 Å². The van der Waals surface area contributed by atoms with Crippen LogP contribution in [0, 0.1) is 0 Å². The molecule has 0 bridgehead atoms. The highest BCUT2D eigenvalue weighted by Crippen LogP contribution is 2.40. The molecule has 0 unspecified atom stereocenters. The summed E-state index contributed by atoms with van der Waals surface area (Å²) in [5.41, 5.74) is 8.94. The van der Waals surface area contributed by atoms with Gasteiger partial charge in [0.1, 0.15) is 13.6 Å². The fourth-order valence-corrected chi connectivity index (χ4v) is 5.10. The molecular formula is C23H27N2+. The zero-order valence-corrected chi connectivity index (χ0v) is 15.8. The van der Waals surface area contributed by atoms with E-state index < -0.39 is 0 Å². The molecule has 0 radical (unpaired) electrons. The van der Waals surface area contributed by atoms with Crippen LogP contribution in [0.1, 0.15) is 48.6 Å². The molecule has 2 nitrogen and oxygen atoms in total. The van der Waals surface area contributed by atoms with Crippen LogP contribution in [0.3, 0.4) is 0 Å². The molecule has 0 atom stereocenters. The SMILES string of the molecule is CCN1CCc2cc3c(cc21)C(C)(C)c1cc2c(cc1=C3)CC[N+]=2C. The van der Waals surface area contributed by atoms with Gasteiger partial charge in [-0.1, -0.05) is 13.8 Å². The molecule has 0 aromatic heterocycles. The molecule has 3 aliphatic rings. The van der Waals surface area contributed by atoms with Crippen molar-refractivity contribution in [3.63, 3.8) is 0 Å². The van der Waals surface area contributed by atoms with Crippen LogP contribution in [0.25, 0.3) is 6.08 Å². The first-order valence-corrected chi connectivity index (χ1v) is 9.64. The van der Waals surface area contributed by atoms with Gasteiger partial charge >= 0.3 is 0 Å². The van der Waals surface area contributed by atoms with Crippen molar-refractivity contribution in [2.45, 2.75) is 39.0 Å².